The van der Waals surface area contributed by atoms with Crippen LogP contribution >= 0.6 is 11.6 Å². The molecule has 0 unspecified atom stereocenters. The van der Waals surface area contributed by atoms with E-state index in [0.29, 0.717) is 29.5 Å². The Morgan fingerprint density at radius 2 is 2.00 bits per heavy atom. The standard InChI is InChI=1S/C15H15ClFNO/c1-10-2-3-15(14(16)6-10)19-13-8-11(4-5-18)7-12(17)9-13/h2-3,6-9H,4-5,18H2,1H3. The highest BCUT2D eigenvalue weighted by Crippen LogP contribution is 2.30. The van der Waals surface area contributed by atoms with E-state index in [1.165, 1.54) is 12.1 Å². The Morgan fingerprint density at radius 3 is 2.68 bits per heavy atom. The number of hydrogen-bond donors (Lipinski definition) is 1. The molecule has 0 bridgehead atoms. The summed E-state index contributed by atoms with van der Waals surface area (Å²) >= 11 is 6.08. The zero-order valence-electron chi connectivity index (χ0n) is 10.6. The van der Waals surface area contributed by atoms with Gasteiger partial charge in [0.2, 0.25) is 0 Å². The normalized spacial score (nSPS) is 10.5. The van der Waals surface area contributed by atoms with Crippen LogP contribution < -0.4 is 10.5 Å². The average molecular weight is 280 g/mol. The van der Waals surface area contributed by atoms with Gasteiger partial charge in [-0.25, -0.2) is 4.39 Å². The number of nitrogens with two attached hydrogens (primary N) is 1. The molecule has 4 heteroatoms. The summed E-state index contributed by atoms with van der Waals surface area (Å²) in [6.07, 6.45) is 0.607. The van der Waals surface area contributed by atoms with Gasteiger partial charge in [-0.1, -0.05) is 17.7 Å². The minimum atomic E-state index is -0.343. The van der Waals surface area contributed by atoms with Gasteiger partial charge in [-0.3, -0.25) is 0 Å². The Morgan fingerprint density at radius 1 is 1.21 bits per heavy atom. The summed E-state index contributed by atoms with van der Waals surface area (Å²) in [5.41, 5.74) is 7.32. The number of aryl methyl sites for hydroxylation is 1. The van der Waals surface area contributed by atoms with Crippen molar-refractivity contribution in [2.75, 3.05) is 6.54 Å². The van der Waals surface area contributed by atoms with E-state index in [1.54, 1.807) is 18.2 Å². The summed E-state index contributed by atoms with van der Waals surface area (Å²) in [7, 11) is 0. The second kappa shape index (κ2) is 6.04. The third-order valence-corrected chi connectivity index (χ3v) is 2.97. The molecule has 0 fully saturated rings. The quantitative estimate of drug-likeness (QED) is 0.915. The molecule has 2 nitrogen and oxygen atoms in total. The first-order valence-corrected chi connectivity index (χ1v) is 6.40. The van der Waals surface area contributed by atoms with E-state index in [0.717, 1.165) is 11.1 Å². The van der Waals surface area contributed by atoms with Gasteiger partial charge in [-0.05, 0) is 55.3 Å². The Labute approximate surface area is 117 Å². The lowest BCUT2D eigenvalue weighted by Crippen LogP contribution is -2.03. The summed E-state index contributed by atoms with van der Waals surface area (Å²) in [6.45, 7) is 2.41. The van der Waals surface area contributed by atoms with E-state index in [4.69, 9.17) is 22.1 Å². The highest BCUT2D eigenvalue weighted by Gasteiger charge is 2.06. The van der Waals surface area contributed by atoms with Gasteiger partial charge in [0, 0.05) is 6.07 Å². The van der Waals surface area contributed by atoms with E-state index in [9.17, 15) is 4.39 Å². The fraction of sp³-hybridized carbons (Fsp3) is 0.200. The van der Waals surface area contributed by atoms with Crippen LogP contribution in [0, 0.1) is 12.7 Å². The summed E-state index contributed by atoms with van der Waals surface area (Å²) in [6, 6.07) is 10.0. The van der Waals surface area contributed by atoms with Crippen LogP contribution in [0.25, 0.3) is 0 Å². The van der Waals surface area contributed by atoms with Crippen LogP contribution in [0.15, 0.2) is 36.4 Å². The van der Waals surface area contributed by atoms with E-state index < -0.39 is 0 Å². The molecule has 0 saturated carbocycles. The van der Waals surface area contributed by atoms with Crippen molar-refractivity contribution in [3.05, 3.63) is 58.4 Å². The highest BCUT2D eigenvalue weighted by molar-refractivity contribution is 6.32. The van der Waals surface area contributed by atoms with Gasteiger partial charge in [-0.15, -0.1) is 0 Å². The molecule has 0 aromatic heterocycles. The summed E-state index contributed by atoms with van der Waals surface area (Å²) in [5.74, 6) is 0.593. The predicted octanol–water partition coefficient (Wildman–Crippen LogP) is 4.08. The second-order valence-corrected chi connectivity index (χ2v) is 4.78. The summed E-state index contributed by atoms with van der Waals surface area (Å²) in [5, 5.41) is 0.504. The van der Waals surface area contributed by atoms with Crippen molar-refractivity contribution >= 4 is 11.6 Å². The minimum Gasteiger partial charge on any atom is -0.456 e. The lowest BCUT2D eigenvalue weighted by atomic mass is 10.1. The smallest absolute Gasteiger partial charge is 0.146 e. The second-order valence-electron chi connectivity index (χ2n) is 4.37. The van der Waals surface area contributed by atoms with E-state index in [1.807, 2.05) is 13.0 Å². The molecular formula is C15H15ClFNO. The zero-order chi connectivity index (χ0) is 13.8. The molecule has 0 aliphatic rings. The van der Waals surface area contributed by atoms with Gasteiger partial charge in [0.15, 0.2) is 0 Å². The van der Waals surface area contributed by atoms with Gasteiger partial charge in [0.25, 0.3) is 0 Å². The van der Waals surface area contributed by atoms with Crippen LogP contribution in [0.4, 0.5) is 4.39 Å². The number of rotatable bonds is 4. The van der Waals surface area contributed by atoms with E-state index in [2.05, 4.69) is 0 Å². The molecular weight excluding hydrogens is 265 g/mol. The van der Waals surface area contributed by atoms with Crippen molar-refractivity contribution in [1.82, 2.24) is 0 Å². The fourth-order valence-electron chi connectivity index (χ4n) is 1.81. The van der Waals surface area contributed by atoms with Gasteiger partial charge in [0.1, 0.15) is 17.3 Å². The number of hydrogen-bond acceptors (Lipinski definition) is 2. The maximum absolute atomic E-state index is 13.5. The maximum atomic E-state index is 13.5. The fourth-order valence-corrected chi connectivity index (χ4v) is 2.08. The Bertz CT molecular complexity index is 586. The van der Waals surface area contributed by atoms with Crippen molar-refractivity contribution < 1.29 is 9.13 Å². The molecule has 0 heterocycles. The van der Waals surface area contributed by atoms with Gasteiger partial charge in [-0.2, -0.15) is 0 Å². The van der Waals surface area contributed by atoms with Gasteiger partial charge < -0.3 is 10.5 Å². The van der Waals surface area contributed by atoms with Crippen molar-refractivity contribution in [2.24, 2.45) is 5.73 Å². The molecule has 19 heavy (non-hydrogen) atoms. The third-order valence-electron chi connectivity index (χ3n) is 2.68. The number of halogens is 2. The van der Waals surface area contributed by atoms with Crippen molar-refractivity contribution in [1.29, 1.82) is 0 Å². The van der Waals surface area contributed by atoms with Crippen LogP contribution in [0.5, 0.6) is 11.5 Å². The van der Waals surface area contributed by atoms with Crippen LogP contribution in [0.1, 0.15) is 11.1 Å². The SMILES string of the molecule is Cc1ccc(Oc2cc(F)cc(CCN)c2)c(Cl)c1. The molecule has 0 saturated heterocycles. The van der Waals surface area contributed by atoms with Crippen molar-refractivity contribution in [3.63, 3.8) is 0 Å². The molecule has 0 atom stereocenters. The molecule has 0 radical (unpaired) electrons. The summed E-state index contributed by atoms with van der Waals surface area (Å²) < 4.78 is 19.1. The first-order chi connectivity index (χ1) is 9.08. The highest BCUT2D eigenvalue weighted by atomic mass is 35.5. The predicted molar refractivity (Wildman–Crippen MR) is 75.4 cm³/mol. The average Bonchev–Trinajstić information content (AvgIpc) is 2.32. The lowest BCUT2D eigenvalue weighted by molar-refractivity contribution is 0.476. The lowest BCUT2D eigenvalue weighted by Gasteiger charge is -2.10. The van der Waals surface area contributed by atoms with Crippen molar-refractivity contribution in [3.8, 4) is 11.5 Å². The monoisotopic (exact) mass is 279 g/mol. The molecule has 0 amide bonds. The third kappa shape index (κ3) is 3.69. The molecule has 2 aromatic rings. The van der Waals surface area contributed by atoms with Crippen LogP contribution in [0.3, 0.4) is 0 Å². The molecule has 0 aliphatic carbocycles. The Balaban J connectivity index is 2.27. The first kappa shape index (κ1) is 13.8. The van der Waals surface area contributed by atoms with Crippen LogP contribution in [-0.2, 0) is 6.42 Å². The van der Waals surface area contributed by atoms with Crippen molar-refractivity contribution in [2.45, 2.75) is 13.3 Å². The molecule has 2 N–H and O–H groups in total. The van der Waals surface area contributed by atoms with Gasteiger partial charge >= 0.3 is 0 Å². The maximum Gasteiger partial charge on any atom is 0.146 e. The van der Waals surface area contributed by atoms with E-state index in [-0.39, 0.29) is 5.82 Å². The van der Waals surface area contributed by atoms with Gasteiger partial charge in [0.05, 0.1) is 5.02 Å². The Hall–Kier alpha value is -1.58. The molecule has 0 aliphatic heterocycles. The summed E-state index contributed by atoms with van der Waals surface area (Å²) in [4.78, 5) is 0. The zero-order valence-corrected chi connectivity index (χ0v) is 11.4. The molecule has 2 aromatic carbocycles. The number of benzene rings is 2. The molecule has 0 spiro atoms. The number of ether oxygens (including phenoxy) is 1. The largest absolute Gasteiger partial charge is 0.456 e. The first-order valence-electron chi connectivity index (χ1n) is 6.02. The molecule has 2 rings (SSSR count). The van der Waals surface area contributed by atoms with Crippen LogP contribution in [-0.4, -0.2) is 6.54 Å². The van der Waals surface area contributed by atoms with Crippen LogP contribution in [0.2, 0.25) is 5.02 Å². The Kier molecular flexibility index (Phi) is 4.40. The minimum absolute atomic E-state index is 0.343. The van der Waals surface area contributed by atoms with E-state index >= 15 is 0 Å². The topological polar surface area (TPSA) is 35.2 Å². The molecule has 100 valence electrons.